The Bertz CT molecular complexity index is 1920. The fraction of sp³-hybridized carbons (Fsp3) is 0.375. The summed E-state index contributed by atoms with van der Waals surface area (Å²) in [6, 6.07) is -4.57. The second-order valence-electron chi connectivity index (χ2n) is 10.8. The average molecular weight is 714 g/mol. The number of likely N-dealkylation sites (tertiary alicyclic amines) is 1. The summed E-state index contributed by atoms with van der Waals surface area (Å²) in [7, 11) is -4.93. The first-order valence-corrected chi connectivity index (χ1v) is 15.7. The Hall–Kier alpha value is -5.78. The van der Waals surface area contributed by atoms with E-state index in [1.807, 2.05) is 0 Å². The van der Waals surface area contributed by atoms with Crippen LogP contribution in [0.1, 0.15) is 43.4 Å². The molecular formula is C24H27N9O13S2. The van der Waals surface area contributed by atoms with Gasteiger partial charge in [-0.2, -0.15) is 13.1 Å². The van der Waals surface area contributed by atoms with E-state index in [1.54, 1.807) is 4.72 Å². The number of oxime groups is 1. The number of nitrogens with two attached hydrogens (primary N) is 1. The van der Waals surface area contributed by atoms with Crippen LogP contribution in [0, 0.1) is 0 Å². The van der Waals surface area contributed by atoms with Crippen LogP contribution in [-0.2, 0) is 34.2 Å². The standard InChI is InChI=1S/C24H27N9O13S2/c1-9-16(28-19(38)17(11-8-47-22(25)27-11)29-46-24(2,3)21(40)41)20(39)33(9)23(42)30-48(44,45)32-6-10(4-15(32)36)26-18(37)12-5-13(34)14(35)7-31(12)43/h5,7-10,16,35,43H,4,6H2,1-3H3,(H2,25,27)(H,26,37)(H,28,38)(H,30,42)(H,40,41)/b29-17-/t9-,10-,16-/m0/s1. The van der Waals surface area contributed by atoms with Crippen molar-refractivity contribution in [2.45, 2.75) is 50.9 Å². The van der Waals surface area contributed by atoms with E-state index in [9.17, 15) is 57.4 Å². The molecule has 4 rings (SSSR count). The molecule has 0 aromatic carbocycles. The molecule has 22 nitrogen and oxygen atoms in total. The minimum Gasteiger partial charge on any atom is -0.503 e. The molecule has 2 fully saturated rings. The van der Waals surface area contributed by atoms with Crippen LogP contribution < -0.4 is 26.5 Å². The summed E-state index contributed by atoms with van der Waals surface area (Å²) in [5.41, 5.74) is 1.45. The van der Waals surface area contributed by atoms with Crippen LogP contribution in [0.15, 0.2) is 27.6 Å². The number of hydrogen-bond acceptors (Lipinski definition) is 16. The normalized spacial score (nSPS) is 19.8. The summed E-state index contributed by atoms with van der Waals surface area (Å²) in [6.07, 6.45) is -0.0117. The molecule has 0 radical (unpaired) electrons. The summed E-state index contributed by atoms with van der Waals surface area (Å²) in [4.78, 5) is 96.1. The van der Waals surface area contributed by atoms with Gasteiger partial charge in [-0.15, -0.1) is 11.3 Å². The number of urea groups is 1. The molecule has 3 atom stereocenters. The molecule has 2 saturated heterocycles. The minimum absolute atomic E-state index is 0.0267. The Balaban J connectivity index is 1.39. The van der Waals surface area contributed by atoms with Crippen LogP contribution in [0.4, 0.5) is 9.93 Å². The lowest BCUT2D eigenvalue weighted by molar-refractivity contribution is -0.161. The van der Waals surface area contributed by atoms with E-state index >= 15 is 0 Å². The molecule has 2 aromatic rings. The Morgan fingerprint density at radius 2 is 1.85 bits per heavy atom. The molecule has 2 aliphatic heterocycles. The van der Waals surface area contributed by atoms with Crippen LogP contribution in [0.25, 0.3) is 0 Å². The third-order valence-electron chi connectivity index (χ3n) is 6.93. The molecule has 0 spiro atoms. The fourth-order valence-corrected chi connectivity index (χ4v) is 5.96. The molecule has 2 aromatic heterocycles. The number of carboxylic acids is 1. The number of aromatic hydroxyl groups is 1. The first-order chi connectivity index (χ1) is 22.2. The molecule has 258 valence electrons. The molecule has 48 heavy (non-hydrogen) atoms. The van der Waals surface area contributed by atoms with Gasteiger partial charge in [0.2, 0.25) is 16.9 Å². The van der Waals surface area contributed by atoms with Crippen molar-refractivity contribution in [3.8, 4) is 5.75 Å². The highest BCUT2D eigenvalue weighted by molar-refractivity contribution is 7.88. The molecular weight excluding hydrogens is 686 g/mol. The van der Waals surface area contributed by atoms with Crippen molar-refractivity contribution in [3.63, 3.8) is 0 Å². The van der Waals surface area contributed by atoms with Gasteiger partial charge in [-0.1, -0.05) is 5.16 Å². The van der Waals surface area contributed by atoms with Crippen LogP contribution in [0.5, 0.6) is 5.75 Å². The van der Waals surface area contributed by atoms with Crippen molar-refractivity contribution in [1.29, 1.82) is 0 Å². The molecule has 0 saturated carbocycles. The van der Waals surface area contributed by atoms with Gasteiger partial charge < -0.3 is 36.6 Å². The molecule has 0 unspecified atom stereocenters. The number of pyridine rings is 1. The number of hydrogen-bond donors (Lipinski definition) is 7. The van der Waals surface area contributed by atoms with Gasteiger partial charge in [0.1, 0.15) is 17.4 Å². The van der Waals surface area contributed by atoms with Crippen molar-refractivity contribution in [2.24, 2.45) is 5.16 Å². The Morgan fingerprint density at radius 3 is 2.44 bits per heavy atom. The average Bonchev–Trinajstić information content (AvgIpc) is 3.58. The largest absolute Gasteiger partial charge is 0.503 e. The highest BCUT2D eigenvalue weighted by atomic mass is 32.2. The van der Waals surface area contributed by atoms with Crippen molar-refractivity contribution in [1.82, 2.24) is 34.3 Å². The van der Waals surface area contributed by atoms with Gasteiger partial charge in [0.15, 0.2) is 16.6 Å². The number of aromatic nitrogens is 2. The van der Waals surface area contributed by atoms with E-state index in [4.69, 9.17) is 10.6 Å². The van der Waals surface area contributed by atoms with E-state index in [2.05, 4.69) is 20.8 Å². The zero-order valence-electron chi connectivity index (χ0n) is 24.9. The lowest BCUT2D eigenvalue weighted by Gasteiger charge is -2.43. The zero-order valence-corrected chi connectivity index (χ0v) is 26.6. The van der Waals surface area contributed by atoms with Gasteiger partial charge in [0.25, 0.3) is 17.7 Å². The number of amides is 6. The third-order valence-corrected chi connectivity index (χ3v) is 8.97. The number of carbonyl (C=O) groups is 6. The van der Waals surface area contributed by atoms with Crippen molar-refractivity contribution < 1.29 is 57.4 Å². The van der Waals surface area contributed by atoms with Crippen LogP contribution >= 0.6 is 11.3 Å². The third kappa shape index (κ3) is 6.97. The number of nitrogen functional groups attached to an aromatic ring is 1. The Kier molecular flexibility index (Phi) is 9.34. The smallest absolute Gasteiger partial charge is 0.350 e. The maximum absolute atomic E-state index is 13.1. The van der Waals surface area contributed by atoms with Crippen LogP contribution in [0.2, 0.25) is 0 Å². The van der Waals surface area contributed by atoms with Crippen LogP contribution in [0.3, 0.4) is 0 Å². The zero-order chi connectivity index (χ0) is 35.9. The number of thiazole rings is 1. The van der Waals surface area contributed by atoms with Gasteiger partial charge in [-0.3, -0.25) is 28.9 Å². The number of imide groups is 1. The van der Waals surface area contributed by atoms with Crippen molar-refractivity contribution in [2.75, 3.05) is 12.3 Å². The van der Waals surface area contributed by atoms with E-state index in [1.165, 1.54) is 12.3 Å². The summed E-state index contributed by atoms with van der Waals surface area (Å²) >= 11 is 0.923. The monoisotopic (exact) mass is 713 g/mol. The summed E-state index contributed by atoms with van der Waals surface area (Å²) in [5, 5.41) is 37.9. The fourth-order valence-electron chi connectivity index (χ4n) is 4.27. The van der Waals surface area contributed by atoms with Crippen molar-refractivity contribution in [3.05, 3.63) is 39.3 Å². The van der Waals surface area contributed by atoms with Gasteiger partial charge >= 0.3 is 22.2 Å². The summed E-state index contributed by atoms with van der Waals surface area (Å²) in [5.74, 6) is -6.54. The molecule has 24 heteroatoms. The molecule has 2 aliphatic rings. The van der Waals surface area contributed by atoms with Gasteiger partial charge in [-0.25, -0.2) is 23.6 Å². The number of nitrogens with zero attached hydrogens (tertiary/aromatic N) is 5. The number of carbonyl (C=O) groups excluding carboxylic acids is 5. The molecule has 0 bridgehead atoms. The molecule has 8 N–H and O–H groups in total. The summed E-state index contributed by atoms with van der Waals surface area (Å²) < 4.78 is 27.8. The van der Waals surface area contributed by atoms with E-state index in [0.29, 0.717) is 17.2 Å². The Labute approximate surface area is 272 Å². The molecule has 6 amide bonds. The quantitative estimate of drug-likeness (QED) is 0.0563. The number of nitrogens with one attached hydrogen (secondary N) is 3. The number of aliphatic carboxylic acids is 1. The lowest BCUT2D eigenvalue weighted by Crippen LogP contribution is -2.73. The van der Waals surface area contributed by atoms with Crippen LogP contribution in [-0.4, -0.2) is 114 Å². The number of β-lactam (4-membered cyclic amide) rings is 1. The van der Waals surface area contributed by atoms with E-state index in [0.717, 1.165) is 25.2 Å². The highest BCUT2D eigenvalue weighted by Crippen LogP contribution is 2.23. The predicted octanol–water partition coefficient (Wildman–Crippen LogP) is -2.89. The van der Waals surface area contributed by atoms with Crippen molar-refractivity contribution >= 4 is 68.0 Å². The predicted molar refractivity (Wildman–Crippen MR) is 159 cm³/mol. The first-order valence-electron chi connectivity index (χ1n) is 13.4. The first kappa shape index (κ1) is 35.1. The SMILES string of the molecule is C[C@H]1[C@H](NC(=O)/C(=N\OC(C)(C)C(=O)O)c2csc(N)n2)C(=O)N1C(=O)NS(=O)(=O)N1C[C@@H](NC(=O)c2cc(=O)c(O)cn2O)CC1=O. The Morgan fingerprint density at radius 1 is 1.19 bits per heavy atom. The number of anilines is 1. The maximum Gasteiger partial charge on any atom is 0.350 e. The topological polar surface area (TPSA) is 322 Å². The molecule has 4 heterocycles. The second kappa shape index (κ2) is 12.8. The van der Waals surface area contributed by atoms with E-state index < -0.39 is 105 Å². The van der Waals surface area contributed by atoms with Gasteiger partial charge in [-0.05, 0) is 20.8 Å². The summed E-state index contributed by atoms with van der Waals surface area (Å²) in [6.45, 7) is 2.93. The molecule has 0 aliphatic carbocycles. The maximum atomic E-state index is 13.1. The van der Waals surface area contributed by atoms with Gasteiger partial charge in [0.05, 0.1) is 24.8 Å². The van der Waals surface area contributed by atoms with E-state index in [-0.39, 0.29) is 19.9 Å². The van der Waals surface area contributed by atoms with Gasteiger partial charge in [0, 0.05) is 17.9 Å². The number of carboxylic acid groups (broad SMARTS) is 1. The highest BCUT2D eigenvalue weighted by Gasteiger charge is 2.51. The number of rotatable bonds is 10. The lowest BCUT2D eigenvalue weighted by atomic mass is 9.97. The minimum atomic E-state index is -4.93. The second-order valence-corrected chi connectivity index (χ2v) is 13.3.